The molecule has 0 fully saturated rings. The minimum atomic E-state index is -0.115. The Morgan fingerprint density at radius 1 is 1.14 bits per heavy atom. The van der Waals surface area contributed by atoms with Gasteiger partial charge in [-0.05, 0) is 36.5 Å². The molecule has 3 aromatic heterocycles. The Labute approximate surface area is 216 Å². The summed E-state index contributed by atoms with van der Waals surface area (Å²) in [4.78, 5) is 15.3. The number of nitrogens with two attached hydrogens (primary N) is 1. The highest BCUT2D eigenvalue weighted by Gasteiger charge is 2.28. The van der Waals surface area contributed by atoms with Gasteiger partial charge in [-0.25, -0.2) is 9.97 Å². The molecule has 36 heavy (non-hydrogen) atoms. The van der Waals surface area contributed by atoms with Crippen molar-refractivity contribution in [1.82, 2.24) is 20.4 Å². The van der Waals surface area contributed by atoms with Crippen molar-refractivity contribution < 1.29 is 0 Å². The van der Waals surface area contributed by atoms with Crippen molar-refractivity contribution in [3.63, 3.8) is 0 Å². The highest BCUT2D eigenvalue weighted by molar-refractivity contribution is 7.20. The Balaban J connectivity index is 1.83. The topological polar surface area (TPSA) is 101 Å². The number of fused-ring (bicyclic) bond motifs is 1. The number of anilines is 1. The molecule has 4 rings (SSSR count). The van der Waals surface area contributed by atoms with Gasteiger partial charge in [0.25, 0.3) is 0 Å². The molecule has 1 aromatic carbocycles. The van der Waals surface area contributed by atoms with E-state index in [1.165, 1.54) is 10.4 Å². The highest BCUT2D eigenvalue weighted by Crippen LogP contribution is 2.44. The molecule has 0 radical (unpaired) electrons. The van der Waals surface area contributed by atoms with Crippen molar-refractivity contribution >= 4 is 39.8 Å². The fraction of sp³-hybridized carbons (Fsp3) is 0.286. The minimum Gasteiger partial charge on any atom is -0.367 e. The Kier molecular flexibility index (Phi) is 7.76. The number of benzene rings is 1. The third-order valence-corrected chi connectivity index (χ3v) is 7.39. The Bertz CT molecular complexity index is 1360. The first-order valence-corrected chi connectivity index (χ1v) is 12.8. The van der Waals surface area contributed by atoms with Gasteiger partial charge in [0.15, 0.2) is 5.82 Å². The van der Waals surface area contributed by atoms with Crippen LogP contribution in [0.5, 0.6) is 0 Å². The van der Waals surface area contributed by atoms with Crippen LogP contribution in [0.1, 0.15) is 43.7 Å². The second kappa shape index (κ2) is 11.0. The molecule has 0 unspecified atom stereocenters. The zero-order valence-corrected chi connectivity index (χ0v) is 22.1. The first kappa shape index (κ1) is 25.5. The summed E-state index contributed by atoms with van der Waals surface area (Å²) in [6.07, 6.45) is 6.28. The summed E-state index contributed by atoms with van der Waals surface area (Å²) < 4.78 is 0.991. The van der Waals surface area contributed by atoms with Gasteiger partial charge in [0.1, 0.15) is 5.82 Å². The molecule has 4 aromatic rings. The van der Waals surface area contributed by atoms with E-state index in [0.29, 0.717) is 12.4 Å². The van der Waals surface area contributed by atoms with E-state index < -0.39 is 0 Å². The number of aromatic nitrogens is 3. The predicted octanol–water partition coefficient (Wildman–Crippen LogP) is 5.60. The number of thiophene rings is 1. The molecule has 4 N–H and O–H groups in total. The molecule has 8 heteroatoms. The van der Waals surface area contributed by atoms with Gasteiger partial charge in [-0.2, -0.15) is 5.10 Å². The number of nitrogens with one attached hydrogen (secondary N) is 2. The molecule has 1 atom stereocenters. The van der Waals surface area contributed by atoms with Crippen molar-refractivity contribution in [3.05, 3.63) is 76.9 Å². The third kappa shape index (κ3) is 5.61. The summed E-state index contributed by atoms with van der Waals surface area (Å²) in [5.41, 5.74) is 14.3. The summed E-state index contributed by atoms with van der Waals surface area (Å²) in [7, 11) is 0. The Morgan fingerprint density at radius 2 is 1.86 bits per heavy atom. The van der Waals surface area contributed by atoms with Crippen molar-refractivity contribution in [2.24, 2.45) is 10.8 Å². The lowest BCUT2D eigenvalue weighted by atomic mass is 9.90. The number of hydrogen-bond acceptors (Lipinski definition) is 8. The molecule has 0 aliphatic heterocycles. The summed E-state index contributed by atoms with van der Waals surface area (Å²) in [5.74, 6) is 1.41. The standard InChI is InChI=1S/C28H33N7S/c1-6-21(35-30-5)22-23-24(36-25(22)28(2,3)4)27(34-26(33-23)19-12-14-31-15-13-19)32-17-20(29)16-18-10-8-7-9-11-18/h6-15,20,35H,5,16-17,29H2,1-4H3,(H,32,33,34)/b21-6-/t20-/m0/s1. The van der Waals surface area contributed by atoms with Crippen molar-refractivity contribution in [2.45, 2.75) is 45.6 Å². The zero-order chi connectivity index (χ0) is 25.7. The second-order valence-electron chi connectivity index (χ2n) is 9.67. The van der Waals surface area contributed by atoms with Gasteiger partial charge in [-0.1, -0.05) is 57.2 Å². The van der Waals surface area contributed by atoms with E-state index in [2.05, 4.69) is 60.4 Å². The van der Waals surface area contributed by atoms with Crippen LogP contribution in [0.15, 0.2) is 66.0 Å². The fourth-order valence-corrected chi connectivity index (χ4v) is 5.35. The molecular weight excluding hydrogens is 466 g/mol. The third-order valence-electron chi connectivity index (χ3n) is 5.78. The van der Waals surface area contributed by atoms with Crippen molar-refractivity contribution in [3.8, 4) is 11.4 Å². The lowest BCUT2D eigenvalue weighted by Crippen LogP contribution is -2.31. The van der Waals surface area contributed by atoms with Gasteiger partial charge in [-0.15, -0.1) is 11.3 Å². The smallest absolute Gasteiger partial charge is 0.162 e. The van der Waals surface area contributed by atoms with Crippen LogP contribution in [0, 0.1) is 0 Å². The molecule has 0 saturated carbocycles. The first-order valence-electron chi connectivity index (χ1n) is 12.0. The zero-order valence-electron chi connectivity index (χ0n) is 21.2. The molecule has 0 spiro atoms. The summed E-state index contributed by atoms with van der Waals surface area (Å²) >= 11 is 1.70. The average Bonchev–Trinajstić information content (AvgIpc) is 3.27. The highest BCUT2D eigenvalue weighted by atomic mass is 32.1. The van der Waals surface area contributed by atoms with Crippen LogP contribution in [0.3, 0.4) is 0 Å². The van der Waals surface area contributed by atoms with Gasteiger partial charge >= 0.3 is 0 Å². The molecule has 0 amide bonds. The van der Waals surface area contributed by atoms with Crippen LogP contribution in [0.2, 0.25) is 0 Å². The molecule has 3 heterocycles. The van der Waals surface area contributed by atoms with E-state index in [-0.39, 0.29) is 11.5 Å². The SMILES string of the molecule is C=NN/C(=C\C)c1c(C(C)(C)C)sc2c(NC[C@@H](N)Cc3ccccc3)nc(-c3ccncc3)nc12. The van der Waals surface area contributed by atoms with Crippen molar-refractivity contribution in [2.75, 3.05) is 11.9 Å². The lowest BCUT2D eigenvalue weighted by Gasteiger charge is -2.19. The number of hydrogen-bond donors (Lipinski definition) is 3. The molecule has 186 valence electrons. The van der Waals surface area contributed by atoms with Crippen LogP contribution in [0.4, 0.5) is 5.82 Å². The number of nitrogens with zero attached hydrogens (tertiary/aromatic N) is 4. The number of hydrazone groups is 1. The average molecular weight is 500 g/mol. The lowest BCUT2D eigenvalue weighted by molar-refractivity contribution is 0.602. The minimum absolute atomic E-state index is 0.0685. The number of rotatable bonds is 9. The van der Waals surface area contributed by atoms with Crippen LogP contribution < -0.4 is 16.5 Å². The van der Waals surface area contributed by atoms with Crippen molar-refractivity contribution in [1.29, 1.82) is 0 Å². The maximum atomic E-state index is 6.51. The Morgan fingerprint density at radius 3 is 2.50 bits per heavy atom. The van der Waals surface area contributed by atoms with Gasteiger partial charge in [-0.3, -0.25) is 10.4 Å². The van der Waals surface area contributed by atoms with Gasteiger partial charge in [0, 0.05) is 47.7 Å². The first-order chi connectivity index (χ1) is 17.3. The van der Waals surface area contributed by atoms with E-state index >= 15 is 0 Å². The maximum absolute atomic E-state index is 6.51. The monoisotopic (exact) mass is 499 g/mol. The molecule has 0 bridgehead atoms. The number of allylic oxidation sites excluding steroid dienone is 1. The molecule has 0 aliphatic rings. The molecule has 7 nitrogen and oxygen atoms in total. The molecular formula is C28H33N7S. The van der Waals surface area contributed by atoms with E-state index in [9.17, 15) is 0 Å². The summed E-state index contributed by atoms with van der Waals surface area (Å²) in [6.45, 7) is 12.8. The normalized spacial score (nSPS) is 13.0. The van der Waals surface area contributed by atoms with Crippen LogP contribution in [-0.4, -0.2) is 34.3 Å². The predicted molar refractivity (Wildman–Crippen MR) is 152 cm³/mol. The summed E-state index contributed by atoms with van der Waals surface area (Å²) in [5, 5.41) is 7.49. The fourth-order valence-electron chi connectivity index (χ4n) is 4.07. The number of pyridine rings is 1. The van der Waals surface area contributed by atoms with Gasteiger partial charge in [0.05, 0.1) is 15.9 Å². The van der Waals surface area contributed by atoms with E-state index in [1.54, 1.807) is 23.7 Å². The van der Waals surface area contributed by atoms with Gasteiger partial charge < -0.3 is 11.1 Å². The summed E-state index contributed by atoms with van der Waals surface area (Å²) in [6, 6.07) is 14.1. The largest absolute Gasteiger partial charge is 0.367 e. The maximum Gasteiger partial charge on any atom is 0.162 e. The quantitative estimate of drug-likeness (QED) is 0.205. The van der Waals surface area contributed by atoms with E-state index in [0.717, 1.165) is 39.3 Å². The molecule has 0 aliphatic carbocycles. The van der Waals surface area contributed by atoms with Gasteiger partial charge in [0.2, 0.25) is 0 Å². The van der Waals surface area contributed by atoms with Crippen LogP contribution in [-0.2, 0) is 11.8 Å². The molecule has 0 saturated heterocycles. The van der Waals surface area contributed by atoms with E-state index in [1.807, 2.05) is 43.3 Å². The Hall–Kier alpha value is -3.62. The van der Waals surface area contributed by atoms with E-state index in [4.69, 9.17) is 15.7 Å². The van der Waals surface area contributed by atoms with Crippen LogP contribution in [0.25, 0.3) is 27.3 Å². The van der Waals surface area contributed by atoms with Crippen LogP contribution >= 0.6 is 11.3 Å². The second-order valence-corrected chi connectivity index (χ2v) is 10.7.